The molecule has 3 rings (SSSR count). The fraction of sp³-hybridized carbons (Fsp3) is 0.462. The average molecular weight is 439 g/mol. The number of benzene rings is 2. The van der Waals surface area contributed by atoms with Crippen molar-refractivity contribution < 1.29 is 19.1 Å². The third kappa shape index (κ3) is 6.74. The zero-order chi connectivity index (χ0) is 22.8. The molecule has 1 aliphatic carbocycles. The van der Waals surface area contributed by atoms with Gasteiger partial charge in [0, 0.05) is 23.2 Å². The molecule has 0 spiro atoms. The molecule has 0 bridgehead atoms. The van der Waals surface area contributed by atoms with Crippen LogP contribution in [0.25, 0.3) is 0 Å². The molecule has 2 unspecified atom stereocenters. The molecule has 0 saturated heterocycles. The normalized spacial score (nSPS) is 17.9. The molecule has 2 aromatic carbocycles. The van der Waals surface area contributed by atoms with Crippen LogP contribution in [0.4, 0.5) is 0 Å². The van der Waals surface area contributed by atoms with Crippen LogP contribution < -0.4 is 20.1 Å². The molecule has 2 aromatic rings. The van der Waals surface area contributed by atoms with Gasteiger partial charge >= 0.3 is 0 Å². The fourth-order valence-electron chi connectivity index (χ4n) is 3.82. The Morgan fingerprint density at radius 1 is 0.719 bits per heavy atom. The summed E-state index contributed by atoms with van der Waals surface area (Å²) in [4.78, 5) is 25.6. The number of rotatable bonds is 10. The zero-order valence-electron chi connectivity index (χ0n) is 19.1. The quantitative estimate of drug-likeness (QED) is 0.562. The van der Waals surface area contributed by atoms with E-state index in [0.717, 1.165) is 50.0 Å². The first kappa shape index (κ1) is 23.6. The van der Waals surface area contributed by atoms with Crippen LogP contribution in [0.5, 0.6) is 11.5 Å². The van der Waals surface area contributed by atoms with Gasteiger partial charge in [0.15, 0.2) is 0 Å². The minimum Gasteiger partial charge on any atom is -0.494 e. The molecule has 172 valence electrons. The zero-order valence-corrected chi connectivity index (χ0v) is 19.1. The van der Waals surface area contributed by atoms with E-state index in [-0.39, 0.29) is 23.9 Å². The largest absolute Gasteiger partial charge is 0.494 e. The van der Waals surface area contributed by atoms with Crippen molar-refractivity contribution in [3.63, 3.8) is 0 Å². The van der Waals surface area contributed by atoms with Gasteiger partial charge in [-0.3, -0.25) is 9.59 Å². The summed E-state index contributed by atoms with van der Waals surface area (Å²) >= 11 is 0. The van der Waals surface area contributed by atoms with Gasteiger partial charge in [-0.2, -0.15) is 0 Å². The molecule has 0 radical (unpaired) electrons. The van der Waals surface area contributed by atoms with Gasteiger partial charge in [0.1, 0.15) is 11.5 Å². The Morgan fingerprint density at radius 3 is 1.44 bits per heavy atom. The summed E-state index contributed by atoms with van der Waals surface area (Å²) in [6.45, 7) is 5.42. The van der Waals surface area contributed by atoms with E-state index in [2.05, 4.69) is 24.5 Å². The van der Waals surface area contributed by atoms with Gasteiger partial charge in [0.05, 0.1) is 13.2 Å². The van der Waals surface area contributed by atoms with Crippen molar-refractivity contribution >= 4 is 11.8 Å². The summed E-state index contributed by atoms with van der Waals surface area (Å²) in [5.41, 5.74) is 1.18. The van der Waals surface area contributed by atoms with Gasteiger partial charge in [-0.15, -0.1) is 0 Å². The van der Waals surface area contributed by atoms with Gasteiger partial charge in [-0.25, -0.2) is 0 Å². The maximum atomic E-state index is 12.8. The summed E-state index contributed by atoms with van der Waals surface area (Å²) in [7, 11) is 0. The highest BCUT2D eigenvalue weighted by atomic mass is 16.5. The van der Waals surface area contributed by atoms with E-state index >= 15 is 0 Å². The molecule has 0 aliphatic heterocycles. The molecular formula is C26H34N2O4. The topological polar surface area (TPSA) is 76.7 Å². The Labute approximate surface area is 190 Å². The summed E-state index contributed by atoms with van der Waals surface area (Å²) in [5, 5.41) is 6.25. The molecular weight excluding hydrogens is 404 g/mol. The van der Waals surface area contributed by atoms with E-state index in [9.17, 15) is 9.59 Å². The number of ether oxygens (including phenoxy) is 2. The van der Waals surface area contributed by atoms with Gasteiger partial charge in [-0.05, 0) is 74.2 Å². The molecule has 32 heavy (non-hydrogen) atoms. The van der Waals surface area contributed by atoms with Gasteiger partial charge in [0.25, 0.3) is 11.8 Å². The highest BCUT2D eigenvalue weighted by Crippen LogP contribution is 2.21. The lowest BCUT2D eigenvalue weighted by Crippen LogP contribution is -2.53. The third-order valence-corrected chi connectivity index (χ3v) is 5.58. The smallest absolute Gasteiger partial charge is 0.251 e. The minimum atomic E-state index is -0.129. The van der Waals surface area contributed by atoms with E-state index in [4.69, 9.17) is 9.47 Å². The van der Waals surface area contributed by atoms with Crippen LogP contribution in [0.2, 0.25) is 0 Å². The predicted molar refractivity (Wildman–Crippen MR) is 125 cm³/mol. The Kier molecular flexibility index (Phi) is 8.96. The standard InChI is InChI=1S/C26H34N2O4/c1-3-17-31-21-13-9-19(10-14-21)25(29)27-23-7-5-6-8-24(23)28-26(30)20-11-15-22(16-12-20)32-18-4-2/h9-16,23-24H,3-8,17-18H2,1-2H3,(H,27,29)(H,28,30). The van der Waals surface area contributed by atoms with Crippen molar-refractivity contribution in [1.82, 2.24) is 10.6 Å². The first-order valence-corrected chi connectivity index (χ1v) is 11.7. The summed E-state index contributed by atoms with van der Waals surface area (Å²) in [6, 6.07) is 14.2. The van der Waals surface area contributed by atoms with Crippen LogP contribution in [0, 0.1) is 0 Å². The number of hydrogen-bond donors (Lipinski definition) is 2. The molecule has 0 heterocycles. The van der Waals surface area contributed by atoms with E-state index in [1.54, 1.807) is 24.3 Å². The second-order valence-corrected chi connectivity index (χ2v) is 8.19. The number of carbonyl (C=O) groups is 2. The molecule has 1 saturated carbocycles. The summed E-state index contributed by atoms with van der Waals surface area (Å²) in [6.07, 6.45) is 5.63. The molecule has 2 amide bonds. The van der Waals surface area contributed by atoms with E-state index in [0.29, 0.717) is 24.3 Å². The van der Waals surface area contributed by atoms with Crippen molar-refractivity contribution in [2.75, 3.05) is 13.2 Å². The first-order chi connectivity index (χ1) is 15.6. The van der Waals surface area contributed by atoms with Crippen LogP contribution >= 0.6 is 0 Å². The number of amides is 2. The number of nitrogens with one attached hydrogen (secondary N) is 2. The molecule has 2 N–H and O–H groups in total. The van der Waals surface area contributed by atoms with Crippen molar-refractivity contribution in [2.24, 2.45) is 0 Å². The summed E-state index contributed by atoms with van der Waals surface area (Å²) < 4.78 is 11.2. The maximum Gasteiger partial charge on any atom is 0.251 e. The van der Waals surface area contributed by atoms with Crippen molar-refractivity contribution in [3.05, 3.63) is 59.7 Å². The Bertz CT molecular complexity index is 791. The van der Waals surface area contributed by atoms with Crippen LogP contribution in [0.3, 0.4) is 0 Å². The van der Waals surface area contributed by atoms with E-state index in [1.807, 2.05) is 24.3 Å². The van der Waals surface area contributed by atoms with Crippen LogP contribution in [0.15, 0.2) is 48.5 Å². The van der Waals surface area contributed by atoms with Crippen molar-refractivity contribution in [3.8, 4) is 11.5 Å². The van der Waals surface area contributed by atoms with E-state index < -0.39 is 0 Å². The van der Waals surface area contributed by atoms with Crippen molar-refractivity contribution in [1.29, 1.82) is 0 Å². The molecule has 2 atom stereocenters. The predicted octanol–water partition coefficient (Wildman–Crippen LogP) is 4.74. The lowest BCUT2D eigenvalue weighted by molar-refractivity contribution is 0.0862. The number of hydrogen-bond acceptors (Lipinski definition) is 4. The van der Waals surface area contributed by atoms with Gasteiger partial charge < -0.3 is 20.1 Å². The van der Waals surface area contributed by atoms with Crippen LogP contribution in [-0.2, 0) is 0 Å². The second-order valence-electron chi connectivity index (χ2n) is 8.19. The first-order valence-electron chi connectivity index (χ1n) is 11.7. The molecule has 0 aromatic heterocycles. The summed E-state index contributed by atoms with van der Waals surface area (Å²) in [5.74, 6) is 1.26. The molecule has 6 nitrogen and oxygen atoms in total. The van der Waals surface area contributed by atoms with Crippen LogP contribution in [-0.4, -0.2) is 37.1 Å². The molecule has 6 heteroatoms. The molecule has 1 fully saturated rings. The SMILES string of the molecule is CCCOc1ccc(C(=O)NC2CCCCC2NC(=O)c2ccc(OCCC)cc2)cc1. The Balaban J connectivity index is 1.58. The lowest BCUT2D eigenvalue weighted by Gasteiger charge is -2.33. The monoisotopic (exact) mass is 438 g/mol. The minimum absolute atomic E-state index is 0.0941. The van der Waals surface area contributed by atoms with Crippen molar-refractivity contribution in [2.45, 2.75) is 64.5 Å². The van der Waals surface area contributed by atoms with Gasteiger partial charge in [0.2, 0.25) is 0 Å². The Hall–Kier alpha value is -3.02. The average Bonchev–Trinajstić information content (AvgIpc) is 2.83. The second kappa shape index (κ2) is 12.1. The third-order valence-electron chi connectivity index (χ3n) is 5.58. The van der Waals surface area contributed by atoms with Crippen LogP contribution in [0.1, 0.15) is 73.1 Å². The number of carbonyl (C=O) groups excluding carboxylic acids is 2. The highest BCUT2D eigenvalue weighted by molar-refractivity contribution is 5.95. The molecule has 1 aliphatic rings. The Morgan fingerprint density at radius 2 is 1.09 bits per heavy atom. The lowest BCUT2D eigenvalue weighted by atomic mass is 9.89. The maximum absolute atomic E-state index is 12.8. The van der Waals surface area contributed by atoms with Gasteiger partial charge in [-0.1, -0.05) is 26.7 Å². The highest BCUT2D eigenvalue weighted by Gasteiger charge is 2.28. The van der Waals surface area contributed by atoms with E-state index in [1.165, 1.54) is 0 Å². The fourth-order valence-corrected chi connectivity index (χ4v) is 3.82.